The molecule has 8 atom stereocenters. The van der Waals surface area contributed by atoms with Crippen LogP contribution < -0.4 is 0 Å². The number of aliphatic hydroxyl groups is 1. The van der Waals surface area contributed by atoms with Gasteiger partial charge in [0, 0.05) is 5.92 Å². The zero-order valence-corrected chi connectivity index (χ0v) is 19.9. The first-order valence-electron chi connectivity index (χ1n) is 12.8. The third-order valence-corrected chi connectivity index (χ3v) is 10.6. The Morgan fingerprint density at radius 3 is 2.58 bits per heavy atom. The number of Topliss-reactive ketones (excluding diaryl/α,β-unsaturated/α-hetero) is 1. The highest BCUT2D eigenvalue weighted by atomic mass is 16.3. The number of ketones is 1. The van der Waals surface area contributed by atoms with Gasteiger partial charge in [-0.25, -0.2) is 0 Å². The smallest absolute Gasteiger partial charge is 0.159 e. The van der Waals surface area contributed by atoms with E-state index in [1.54, 1.807) is 11.0 Å². The van der Waals surface area contributed by atoms with Gasteiger partial charge in [-0.1, -0.05) is 20.8 Å². The number of hydrogen-bond acceptors (Lipinski definition) is 4. The summed E-state index contributed by atoms with van der Waals surface area (Å²) in [6.45, 7) is 9.41. The molecule has 4 fully saturated rings. The van der Waals surface area contributed by atoms with Crippen molar-refractivity contribution in [2.24, 2.45) is 40.4 Å². The van der Waals surface area contributed by atoms with E-state index in [1.165, 1.54) is 38.5 Å². The van der Waals surface area contributed by atoms with Crippen molar-refractivity contribution in [1.29, 1.82) is 0 Å². The normalized spacial score (nSPS) is 46.8. The molecule has 1 aromatic heterocycles. The molecule has 1 heterocycles. The Morgan fingerprint density at radius 2 is 1.84 bits per heavy atom. The maximum absolute atomic E-state index is 13.4. The van der Waals surface area contributed by atoms with E-state index in [2.05, 4.69) is 31.0 Å². The highest BCUT2D eigenvalue weighted by Crippen LogP contribution is 2.68. The lowest BCUT2D eigenvalue weighted by molar-refractivity contribution is -0.151. The van der Waals surface area contributed by atoms with E-state index in [1.807, 2.05) is 6.92 Å². The second-order valence-electron chi connectivity index (χ2n) is 12.2. The summed E-state index contributed by atoms with van der Waals surface area (Å²) in [5, 5.41) is 19.5. The molecule has 4 aliphatic carbocycles. The highest BCUT2D eigenvalue weighted by Gasteiger charge is 2.61. The zero-order valence-electron chi connectivity index (χ0n) is 19.9. The number of hydrogen-bond donors (Lipinski definition) is 1. The van der Waals surface area contributed by atoms with Crippen LogP contribution in [0.4, 0.5) is 0 Å². The Kier molecular flexibility index (Phi) is 5.16. The molecule has 0 unspecified atom stereocenters. The van der Waals surface area contributed by atoms with Gasteiger partial charge in [0.15, 0.2) is 5.78 Å². The van der Waals surface area contributed by atoms with E-state index < -0.39 is 5.60 Å². The third kappa shape index (κ3) is 3.41. The lowest BCUT2D eigenvalue weighted by atomic mass is 9.44. The predicted molar refractivity (Wildman–Crippen MR) is 120 cm³/mol. The predicted octanol–water partition coefficient (Wildman–Crippen LogP) is 4.82. The molecule has 5 heteroatoms. The van der Waals surface area contributed by atoms with Gasteiger partial charge in [-0.15, -0.1) is 0 Å². The fourth-order valence-electron chi connectivity index (χ4n) is 8.78. The molecule has 4 aliphatic rings. The molecule has 0 saturated heterocycles. The second kappa shape index (κ2) is 7.40. The number of aromatic nitrogens is 3. The molecular weight excluding hydrogens is 386 g/mol. The zero-order chi connectivity index (χ0) is 22.0. The van der Waals surface area contributed by atoms with E-state index >= 15 is 0 Å². The Balaban J connectivity index is 1.33. The van der Waals surface area contributed by atoms with Crippen molar-refractivity contribution < 1.29 is 9.90 Å². The van der Waals surface area contributed by atoms with Crippen molar-refractivity contribution >= 4 is 5.78 Å². The minimum Gasteiger partial charge on any atom is -0.390 e. The number of aryl methyl sites for hydroxylation is 1. The minimum atomic E-state index is -0.469. The molecule has 0 amide bonds. The maximum Gasteiger partial charge on any atom is 0.159 e. The Hall–Kier alpha value is -1.23. The van der Waals surface area contributed by atoms with Gasteiger partial charge in [0.25, 0.3) is 0 Å². The van der Waals surface area contributed by atoms with Crippen molar-refractivity contribution in [3.63, 3.8) is 0 Å². The van der Waals surface area contributed by atoms with E-state index in [0.717, 1.165) is 43.2 Å². The molecule has 172 valence electrons. The molecule has 0 aromatic carbocycles. The van der Waals surface area contributed by atoms with E-state index in [0.29, 0.717) is 29.6 Å². The summed E-state index contributed by atoms with van der Waals surface area (Å²) in [5.41, 5.74) is 1.01. The first-order valence-corrected chi connectivity index (χ1v) is 12.8. The fraction of sp³-hybridized carbons (Fsp3) is 0.885. The first-order chi connectivity index (χ1) is 14.7. The van der Waals surface area contributed by atoms with E-state index in [-0.39, 0.29) is 11.3 Å². The number of nitrogens with zero attached hydrogens (tertiary/aromatic N) is 3. The van der Waals surface area contributed by atoms with Crippen LogP contribution in [-0.2, 0) is 17.8 Å². The van der Waals surface area contributed by atoms with Gasteiger partial charge >= 0.3 is 0 Å². The molecule has 1 N–H and O–H groups in total. The van der Waals surface area contributed by atoms with Crippen LogP contribution in [0.25, 0.3) is 0 Å². The summed E-state index contributed by atoms with van der Waals surface area (Å²) < 4.78 is 0. The van der Waals surface area contributed by atoms with Crippen molar-refractivity contribution in [3.8, 4) is 0 Å². The number of rotatable bonds is 4. The molecule has 0 bridgehead atoms. The standard InChI is InChI=1S/C26H41N3O2/c1-5-18-15-27-29(28-18)16-23(30)22-9-8-20-19-7-6-17-14-24(2,31)12-13-25(17,3)21(19)10-11-26(20,22)4/h15,17,19-22,31H,5-14,16H2,1-4H3/t17-,19+,20+,21+,22-,24-,25+,26+/m1/s1. The lowest BCUT2D eigenvalue weighted by Gasteiger charge is -2.61. The topological polar surface area (TPSA) is 68.0 Å². The van der Waals surface area contributed by atoms with Gasteiger partial charge in [0.05, 0.1) is 17.5 Å². The maximum atomic E-state index is 13.4. The molecular formula is C26H41N3O2. The monoisotopic (exact) mass is 427 g/mol. The van der Waals surface area contributed by atoms with E-state index in [9.17, 15) is 9.90 Å². The van der Waals surface area contributed by atoms with Crippen LogP contribution >= 0.6 is 0 Å². The van der Waals surface area contributed by atoms with Crippen molar-refractivity contribution in [2.45, 2.75) is 104 Å². The largest absolute Gasteiger partial charge is 0.390 e. The summed E-state index contributed by atoms with van der Waals surface area (Å²) in [6.07, 6.45) is 13.0. The lowest BCUT2D eigenvalue weighted by Crippen LogP contribution is -2.55. The average molecular weight is 428 g/mol. The quantitative estimate of drug-likeness (QED) is 0.748. The molecule has 0 aliphatic heterocycles. The summed E-state index contributed by atoms with van der Waals surface area (Å²) in [4.78, 5) is 15.0. The third-order valence-electron chi connectivity index (χ3n) is 10.6. The Bertz CT molecular complexity index is 847. The van der Waals surface area contributed by atoms with Gasteiger partial charge < -0.3 is 5.11 Å². The van der Waals surface area contributed by atoms with Crippen molar-refractivity contribution in [3.05, 3.63) is 11.9 Å². The van der Waals surface area contributed by atoms with Gasteiger partial charge in [-0.05, 0) is 106 Å². The molecule has 0 spiro atoms. The van der Waals surface area contributed by atoms with E-state index in [4.69, 9.17) is 0 Å². The Morgan fingerprint density at radius 1 is 1.06 bits per heavy atom. The molecule has 0 radical (unpaired) electrons. The molecule has 5 rings (SSSR count). The fourth-order valence-corrected chi connectivity index (χ4v) is 8.78. The minimum absolute atomic E-state index is 0.141. The number of fused-ring (bicyclic) bond motifs is 5. The highest BCUT2D eigenvalue weighted by molar-refractivity contribution is 5.82. The van der Waals surface area contributed by atoms with Gasteiger partial charge in [0.1, 0.15) is 6.54 Å². The van der Waals surface area contributed by atoms with Crippen LogP contribution in [0.15, 0.2) is 6.20 Å². The second-order valence-corrected chi connectivity index (χ2v) is 12.2. The Labute approximate surface area is 187 Å². The summed E-state index contributed by atoms with van der Waals surface area (Å²) >= 11 is 0. The SMILES string of the molecule is CCc1cnn(CC(=O)[C@H]2CC[C@H]3[C@@H]4CC[C@@H]5C[C@](C)(O)CC[C@]5(C)[C@H]4CC[C@]23C)n1. The molecule has 1 aromatic rings. The van der Waals surface area contributed by atoms with Crippen molar-refractivity contribution in [2.75, 3.05) is 0 Å². The van der Waals surface area contributed by atoms with Gasteiger partial charge in [-0.2, -0.15) is 15.0 Å². The van der Waals surface area contributed by atoms with Crippen LogP contribution in [0.5, 0.6) is 0 Å². The first kappa shape index (κ1) is 21.6. The van der Waals surface area contributed by atoms with Crippen molar-refractivity contribution in [1.82, 2.24) is 15.0 Å². The number of carbonyl (C=O) groups excluding carboxylic acids is 1. The molecule has 4 saturated carbocycles. The average Bonchev–Trinajstić information content (AvgIpc) is 3.31. The van der Waals surface area contributed by atoms with Crippen LogP contribution in [0.1, 0.15) is 91.2 Å². The van der Waals surface area contributed by atoms with Crippen LogP contribution in [0.2, 0.25) is 0 Å². The summed E-state index contributed by atoms with van der Waals surface area (Å²) in [5.74, 6) is 3.38. The van der Waals surface area contributed by atoms with Gasteiger partial charge in [0.2, 0.25) is 0 Å². The molecule has 5 nitrogen and oxygen atoms in total. The van der Waals surface area contributed by atoms with Gasteiger partial charge in [-0.3, -0.25) is 4.79 Å². The molecule has 31 heavy (non-hydrogen) atoms. The van der Waals surface area contributed by atoms with Crippen LogP contribution in [-0.4, -0.2) is 31.5 Å². The summed E-state index contributed by atoms with van der Waals surface area (Å²) in [7, 11) is 0. The summed E-state index contributed by atoms with van der Waals surface area (Å²) in [6, 6.07) is 0. The van der Waals surface area contributed by atoms with Crippen LogP contribution in [0, 0.1) is 40.4 Å². The number of carbonyl (C=O) groups is 1. The van der Waals surface area contributed by atoms with Crippen LogP contribution in [0.3, 0.4) is 0 Å².